The van der Waals surface area contributed by atoms with Crippen LogP contribution >= 0.6 is 11.3 Å². The van der Waals surface area contributed by atoms with Gasteiger partial charge in [0.2, 0.25) is 0 Å². The molecule has 24 heavy (non-hydrogen) atoms. The normalized spacial score (nSPS) is 17.5. The Kier molecular flexibility index (Phi) is 5.97. The van der Waals surface area contributed by atoms with Gasteiger partial charge >= 0.3 is 0 Å². The molecule has 126 valence electrons. The van der Waals surface area contributed by atoms with Crippen LogP contribution in [0.3, 0.4) is 0 Å². The predicted molar refractivity (Wildman–Crippen MR) is 97.7 cm³/mol. The Morgan fingerprint density at radius 2 is 2.08 bits per heavy atom. The number of piperidine rings is 1. The van der Waals surface area contributed by atoms with Crippen molar-refractivity contribution in [3.63, 3.8) is 0 Å². The van der Waals surface area contributed by atoms with E-state index in [1.54, 1.807) is 11.3 Å². The molecule has 0 unspecified atom stereocenters. The predicted octanol–water partition coefficient (Wildman–Crippen LogP) is 3.72. The van der Waals surface area contributed by atoms with Gasteiger partial charge in [0.25, 0.3) is 0 Å². The van der Waals surface area contributed by atoms with Crippen LogP contribution in [-0.2, 0) is 6.54 Å². The Bertz CT molecular complexity index is 652. The lowest BCUT2D eigenvalue weighted by Crippen LogP contribution is -2.43. The Hall–Kier alpha value is -1.74. The molecular formula is C19H24N4S. The van der Waals surface area contributed by atoms with E-state index in [1.807, 2.05) is 18.3 Å². The van der Waals surface area contributed by atoms with Crippen LogP contribution in [0.25, 0.3) is 0 Å². The largest absolute Gasteiger partial charge is 0.305 e. The Morgan fingerprint density at radius 1 is 1.33 bits per heavy atom. The van der Waals surface area contributed by atoms with E-state index in [0.717, 1.165) is 31.6 Å². The average molecular weight is 340 g/mol. The third kappa shape index (κ3) is 4.41. The molecule has 2 heterocycles. The van der Waals surface area contributed by atoms with Crippen molar-refractivity contribution in [2.75, 3.05) is 13.1 Å². The third-order valence-electron chi connectivity index (χ3n) is 4.67. The molecule has 0 aliphatic carbocycles. The second-order valence-electron chi connectivity index (χ2n) is 6.36. The van der Waals surface area contributed by atoms with E-state index < -0.39 is 0 Å². The molecule has 5 heteroatoms. The Morgan fingerprint density at radius 3 is 2.67 bits per heavy atom. The maximum absolute atomic E-state index is 8.87. The van der Waals surface area contributed by atoms with Crippen molar-refractivity contribution in [2.24, 2.45) is 0 Å². The minimum Gasteiger partial charge on any atom is -0.305 e. The molecule has 0 saturated carbocycles. The topological polar surface area (TPSA) is 52.0 Å². The maximum atomic E-state index is 8.87. The Labute approximate surface area is 148 Å². The van der Waals surface area contributed by atoms with Crippen LogP contribution in [0.2, 0.25) is 0 Å². The van der Waals surface area contributed by atoms with Gasteiger partial charge in [-0.1, -0.05) is 19.1 Å². The lowest BCUT2D eigenvalue weighted by molar-refractivity contribution is 0.183. The molecule has 1 fully saturated rings. The highest BCUT2D eigenvalue weighted by Crippen LogP contribution is 2.22. The highest BCUT2D eigenvalue weighted by Gasteiger charge is 2.22. The first kappa shape index (κ1) is 17.1. The van der Waals surface area contributed by atoms with Gasteiger partial charge in [-0.05, 0) is 50.0 Å². The number of nitrogens with zero attached hydrogens (tertiary/aromatic N) is 3. The molecule has 1 aromatic heterocycles. The number of aromatic nitrogens is 1. The van der Waals surface area contributed by atoms with E-state index in [-0.39, 0.29) is 0 Å². The van der Waals surface area contributed by atoms with E-state index in [4.69, 9.17) is 5.26 Å². The van der Waals surface area contributed by atoms with E-state index in [0.29, 0.717) is 12.1 Å². The van der Waals surface area contributed by atoms with E-state index in [1.165, 1.54) is 23.4 Å². The fourth-order valence-corrected chi connectivity index (χ4v) is 4.04. The molecule has 1 aromatic carbocycles. The molecule has 2 aromatic rings. The highest BCUT2D eigenvalue weighted by atomic mass is 32.1. The molecular weight excluding hydrogens is 316 g/mol. The van der Waals surface area contributed by atoms with Crippen molar-refractivity contribution < 1.29 is 0 Å². The molecule has 1 saturated heterocycles. The molecule has 1 N–H and O–H groups in total. The van der Waals surface area contributed by atoms with Crippen LogP contribution in [0.4, 0.5) is 0 Å². The summed E-state index contributed by atoms with van der Waals surface area (Å²) in [6, 6.07) is 11.1. The number of benzene rings is 1. The first-order chi connectivity index (χ1) is 11.8. The van der Waals surface area contributed by atoms with Gasteiger partial charge in [0, 0.05) is 24.2 Å². The van der Waals surface area contributed by atoms with Crippen molar-refractivity contribution >= 4 is 11.3 Å². The first-order valence-corrected chi connectivity index (χ1v) is 9.53. The van der Waals surface area contributed by atoms with Crippen molar-refractivity contribution in [2.45, 2.75) is 44.8 Å². The van der Waals surface area contributed by atoms with Gasteiger partial charge in [-0.25, -0.2) is 4.98 Å². The lowest BCUT2D eigenvalue weighted by Gasteiger charge is -2.34. The molecule has 0 spiro atoms. The number of nitriles is 1. The third-order valence-corrected chi connectivity index (χ3v) is 5.56. The molecule has 0 amide bonds. The van der Waals surface area contributed by atoms with E-state index in [9.17, 15) is 0 Å². The smallest absolute Gasteiger partial charge is 0.109 e. The number of thiazole rings is 1. The Balaban J connectivity index is 1.47. The second-order valence-corrected chi connectivity index (χ2v) is 7.28. The van der Waals surface area contributed by atoms with Gasteiger partial charge in [0.15, 0.2) is 0 Å². The lowest BCUT2D eigenvalue weighted by atomic mass is 10.0. The summed E-state index contributed by atoms with van der Waals surface area (Å²) in [7, 11) is 0. The minimum absolute atomic E-state index is 0.389. The number of hydrogen-bond acceptors (Lipinski definition) is 5. The van der Waals surface area contributed by atoms with E-state index in [2.05, 4.69) is 45.7 Å². The summed E-state index contributed by atoms with van der Waals surface area (Å²) in [4.78, 5) is 6.96. The van der Waals surface area contributed by atoms with Crippen LogP contribution in [-0.4, -0.2) is 29.0 Å². The molecule has 1 aliphatic heterocycles. The zero-order chi connectivity index (χ0) is 16.8. The van der Waals surface area contributed by atoms with Crippen LogP contribution in [0.1, 0.15) is 48.4 Å². The number of hydrogen-bond donors (Lipinski definition) is 1. The quantitative estimate of drug-likeness (QED) is 0.871. The molecule has 4 nitrogen and oxygen atoms in total. The molecule has 3 rings (SSSR count). The van der Waals surface area contributed by atoms with Crippen LogP contribution in [0.15, 0.2) is 35.8 Å². The summed E-state index contributed by atoms with van der Waals surface area (Å²) < 4.78 is 0. The van der Waals surface area contributed by atoms with Crippen LogP contribution in [0, 0.1) is 11.3 Å². The standard InChI is InChI=1S/C19H24N4S/c1-2-18(19-21-9-12-24-19)22-17-7-10-23(11-8-17)14-16-5-3-15(13-20)4-6-16/h3-6,9,12,17-18,22H,2,7-8,10-11,14H2,1H3/t18-/m1/s1. The molecule has 1 atom stereocenters. The van der Waals surface area contributed by atoms with Crippen molar-refractivity contribution in [1.29, 1.82) is 5.26 Å². The van der Waals surface area contributed by atoms with Crippen molar-refractivity contribution in [3.05, 3.63) is 52.0 Å². The van der Waals surface area contributed by atoms with Crippen LogP contribution in [0.5, 0.6) is 0 Å². The number of rotatable bonds is 6. The molecule has 0 radical (unpaired) electrons. The average Bonchev–Trinajstić information content (AvgIpc) is 3.16. The van der Waals surface area contributed by atoms with Crippen molar-refractivity contribution in [1.82, 2.24) is 15.2 Å². The van der Waals surface area contributed by atoms with E-state index >= 15 is 0 Å². The zero-order valence-electron chi connectivity index (χ0n) is 14.1. The summed E-state index contributed by atoms with van der Waals surface area (Å²) in [5.41, 5.74) is 2.02. The SMILES string of the molecule is CC[C@@H](NC1CCN(Cc2ccc(C#N)cc2)CC1)c1nccs1. The van der Waals surface area contributed by atoms with Gasteiger partial charge in [-0.3, -0.25) is 4.90 Å². The van der Waals surface area contributed by atoms with Gasteiger partial charge < -0.3 is 5.32 Å². The summed E-state index contributed by atoms with van der Waals surface area (Å²) >= 11 is 1.74. The van der Waals surface area contributed by atoms with Gasteiger partial charge in [0.1, 0.15) is 5.01 Å². The maximum Gasteiger partial charge on any atom is 0.109 e. The zero-order valence-corrected chi connectivity index (χ0v) is 14.9. The molecule has 1 aliphatic rings. The monoisotopic (exact) mass is 340 g/mol. The fourth-order valence-electron chi connectivity index (χ4n) is 3.26. The summed E-state index contributed by atoms with van der Waals surface area (Å²) in [6.07, 6.45) is 5.33. The van der Waals surface area contributed by atoms with Gasteiger partial charge in [-0.2, -0.15) is 5.26 Å². The molecule has 0 bridgehead atoms. The highest BCUT2D eigenvalue weighted by molar-refractivity contribution is 7.09. The summed E-state index contributed by atoms with van der Waals surface area (Å²) in [5.74, 6) is 0. The summed E-state index contributed by atoms with van der Waals surface area (Å²) in [5, 5.41) is 15.9. The van der Waals surface area contributed by atoms with Gasteiger partial charge in [-0.15, -0.1) is 11.3 Å². The first-order valence-electron chi connectivity index (χ1n) is 8.65. The minimum atomic E-state index is 0.389. The summed E-state index contributed by atoms with van der Waals surface area (Å²) in [6.45, 7) is 5.43. The van der Waals surface area contributed by atoms with Crippen LogP contribution < -0.4 is 5.32 Å². The number of nitrogens with one attached hydrogen (secondary N) is 1. The second kappa shape index (κ2) is 8.39. The number of likely N-dealkylation sites (tertiary alicyclic amines) is 1. The van der Waals surface area contributed by atoms with Gasteiger partial charge in [0.05, 0.1) is 17.7 Å². The fraction of sp³-hybridized carbons (Fsp3) is 0.474. The van der Waals surface area contributed by atoms with Crippen molar-refractivity contribution in [3.8, 4) is 6.07 Å².